The number of hydrogen-bond acceptors (Lipinski definition) is 4. The van der Waals surface area contributed by atoms with Gasteiger partial charge in [0.15, 0.2) is 0 Å². The number of fused-ring (bicyclic) bond motifs is 1. The van der Waals surface area contributed by atoms with Crippen LogP contribution in [0.3, 0.4) is 0 Å². The maximum atomic E-state index is 13.7. The minimum Gasteiger partial charge on any atom is -0.507 e. The fourth-order valence-electron chi connectivity index (χ4n) is 5.39. The fourth-order valence-corrected chi connectivity index (χ4v) is 5.39. The molecule has 1 amide bonds. The van der Waals surface area contributed by atoms with E-state index < -0.39 is 17.7 Å². The zero-order valence-electron chi connectivity index (χ0n) is 22.5. The summed E-state index contributed by atoms with van der Waals surface area (Å²) in [5.74, 6) is -0.744. The Kier molecular flexibility index (Phi) is 6.35. The summed E-state index contributed by atoms with van der Waals surface area (Å²) in [5.41, 5.74) is 6.67. The van der Waals surface area contributed by atoms with Gasteiger partial charge in [-0.1, -0.05) is 38.1 Å². The number of aliphatic hydroxyl groups is 1. The number of amides is 1. The van der Waals surface area contributed by atoms with Crippen molar-refractivity contribution in [1.29, 1.82) is 0 Å². The van der Waals surface area contributed by atoms with E-state index in [1.165, 1.54) is 4.90 Å². The van der Waals surface area contributed by atoms with Gasteiger partial charge in [0.2, 0.25) is 0 Å². The third-order valence-electron chi connectivity index (χ3n) is 7.56. The van der Waals surface area contributed by atoms with Crippen molar-refractivity contribution in [2.75, 3.05) is 12.0 Å². The number of ketones is 1. The van der Waals surface area contributed by atoms with Crippen LogP contribution in [0.1, 0.15) is 59.3 Å². The number of nitrogens with zero attached hydrogens (tertiary/aromatic N) is 1. The summed E-state index contributed by atoms with van der Waals surface area (Å²) in [4.78, 5) is 32.3. The first-order chi connectivity index (χ1) is 18.1. The molecule has 0 saturated carbocycles. The first kappa shape index (κ1) is 25.3. The molecular formula is C32H32N2O4. The van der Waals surface area contributed by atoms with E-state index in [9.17, 15) is 14.7 Å². The monoisotopic (exact) mass is 508 g/mol. The molecule has 1 atom stereocenters. The Labute approximate surface area is 222 Å². The summed E-state index contributed by atoms with van der Waals surface area (Å²) >= 11 is 0. The van der Waals surface area contributed by atoms with Crippen LogP contribution in [-0.2, 0) is 9.59 Å². The lowest BCUT2D eigenvalue weighted by Crippen LogP contribution is -2.29. The average molecular weight is 509 g/mol. The second-order valence-corrected chi connectivity index (χ2v) is 10.3. The number of H-pyrrole nitrogens is 1. The number of aliphatic hydroxyl groups excluding tert-OH is 1. The Morgan fingerprint density at radius 2 is 1.71 bits per heavy atom. The highest BCUT2D eigenvalue weighted by Crippen LogP contribution is 2.46. The molecule has 1 aromatic heterocycles. The summed E-state index contributed by atoms with van der Waals surface area (Å²) in [5, 5.41) is 12.6. The van der Waals surface area contributed by atoms with Crippen LogP contribution >= 0.6 is 0 Å². The van der Waals surface area contributed by atoms with Gasteiger partial charge in [-0.25, -0.2) is 0 Å². The van der Waals surface area contributed by atoms with E-state index in [4.69, 9.17) is 4.74 Å². The molecular weight excluding hydrogens is 476 g/mol. The zero-order valence-corrected chi connectivity index (χ0v) is 22.5. The molecule has 0 aliphatic carbocycles. The van der Waals surface area contributed by atoms with Crippen molar-refractivity contribution in [3.63, 3.8) is 0 Å². The number of ether oxygens (including phenoxy) is 1. The van der Waals surface area contributed by atoms with E-state index >= 15 is 0 Å². The normalized spacial score (nSPS) is 17.1. The van der Waals surface area contributed by atoms with Crippen molar-refractivity contribution < 1.29 is 19.4 Å². The minimum atomic E-state index is -0.808. The standard InChI is InChI=1S/C32H32N2O4/c1-17(2)24-16-21(12-14-26(24)38-6)30(35)28-29(27-20(5)33-25-10-8-7-9-23(25)27)34(32(37)31(28)36)22-13-11-18(3)19(4)15-22/h7-17,29,33,35H,1-6H3/b30-28+. The number of carbonyl (C=O) groups excluding carboxylic acids is 2. The molecule has 0 bridgehead atoms. The number of rotatable bonds is 5. The van der Waals surface area contributed by atoms with E-state index in [1.54, 1.807) is 19.2 Å². The van der Waals surface area contributed by atoms with Gasteiger partial charge in [-0.05, 0) is 79.8 Å². The molecule has 38 heavy (non-hydrogen) atoms. The molecule has 0 spiro atoms. The molecule has 1 aliphatic rings. The van der Waals surface area contributed by atoms with E-state index in [1.807, 2.05) is 83.1 Å². The predicted molar refractivity (Wildman–Crippen MR) is 151 cm³/mol. The summed E-state index contributed by atoms with van der Waals surface area (Å²) in [6, 6.07) is 18.1. The van der Waals surface area contributed by atoms with Crippen molar-refractivity contribution in [1.82, 2.24) is 4.98 Å². The highest BCUT2D eigenvalue weighted by Gasteiger charge is 2.48. The Balaban J connectivity index is 1.81. The van der Waals surface area contributed by atoms with Crippen LogP contribution in [0.2, 0.25) is 0 Å². The van der Waals surface area contributed by atoms with Gasteiger partial charge in [0.25, 0.3) is 11.7 Å². The van der Waals surface area contributed by atoms with Crippen LogP contribution < -0.4 is 9.64 Å². The second kappa shape index (κ2) is 9.53. The fraction of sp³-hybridized carbons (Fsp3) is 0.250. The third kappa shape index (κ3) is 3.97. The van der Waals surface area contributed by atoms with Gasteiger partial charge in [0, 0.05) is 33.4 Å². The van der Waals surface area contributed by atoms with E-state index in [2.05, 4.69) is 4.98 Å². The molecule has 194 valence electrons. The molecule has 1 fully saturated rings. The molecule has 5 rings (SSSR count). The SMILES string of the molecule is COc1ccc(/C(O)=C2\C(=O)C(=O)N(c3ccc(C)c(C)c3)C2c2c(C)[nH]c3ccccc23)cc1C(C)C. The Bertz CT molecular complexity index is 1630. The van der Waals surface area contributed by atoms with Crippen molar-refractivity contribution in [2.24, 2.45) is 0 Å². The van der Waals surface area contributed by atoms with Crippen LogP contribution in [0.25, 0.3) is 16.7 Å². The molecule has 6 heteroatoms. The topological polar surface area (TPSA) is 82.6 Å². The van der Waals surface area contributed by atoms with Gasteiger partial charge in [0.05, 0.1) is 18.7 Å². The van der Waals surface area contributed by atoms with Crippen molar-refractivity contribution in [3.05, 3.63) is 99.7 Å². The van der Waals surface area contributed by atoms with Crippen LogP contribution in [0.4, 0.5) is 5.69 Å². The molecule has 1 saturated heterocycles. The van der Waals surface area contributed by atoms with Crippen molar-refractivity contribution in [3.8, 4) is 5.75 Å². The quantitative estimate of drug-likeness (QED) is 0.175. The number of methoxy groups -OCH3 is 1. The number of Topliss-reactive ketones (excluding diaryl/α,β-unsaturated/α-hetero) is 1. The largest absolute Gasteiger partial charge is 0.507 e. The number of carbonyl (C=O) groups is 2. The summed E-state index contributed by atoms with van der Waals surface area (Å²) in [6.45, 7) is 9.99. The van der Waals surface area contributed by atoms with Gasteiger partial charge in [-0.15, -0.1) is 0 Å². The smallest absolute Gasteiger partial charge is 0.300 e. The van der Waals surface area contributed by atoms with Crippen LogP contribution in [0.15, 0.2) is 66.2 Å². The number of aromatic nitrogens is 1. The molecule has 0 radical (unpaired) electrons. The summed E-state index contributed by atoms with van der Waals surface area (Å²) in [6.07, 6.45) is 0. The molecule has 2 heterocycles. The van der Waals surface area contributed by atoms with Gasteiger partial charge in [-0.3, -0.25) is 14.5 Å². The number of hydrogen-bond donors (Lipinski definition) is 2. The minimum absolute atomic E-state index is 0.0703. The molecule has 1 unspecified atom stereocenters. The number of nitrogens with one attached hydrogen (secondary N) is 1. The molecule has 2 N–H and O–H groups in total. The van der Waals surface area contributed by atoms with Gasteiger partial charge in [-0.2, -0.15) is 0 Å². The third-order valence-corrected chi connectivity index (χ3v) is 7.56. The maximum Gasteiger partial charge on any atom is 0.300 e. The second-order valence-electron chi connectivity index (χ2n) is 10.3. The maximum absolute atomic E-state index is 13.7. The van der Waals surface area contributed by atoms with Gasteiger partial charge >= 0.3 is 0 Å². The molecule has 6 nitrogen and oxygen atoms in total. The highest BCUT2D eigenvalue weighted by atomic mass is 16.5. The lowest BCUT2D eigenvalue weighted by atomic mass is 9.91. The first-order valence-corrected chi connectivity index (χ1v) is 12.8. The molecule has 1 aliphatic heterocycles. The number of aromatic amines is 1. The highest BCUT2D eigenvalue weighted by molar-refractivity contribution is 6.52. The van der Waals surface area contributed by atoms with Crippen LogP contribution in [0, 0.1) is 20.8 Å². The number of para-hydroxylation sites is 1. The summed E-state index contributed by atoms with van der Waals surface area (Å²) in [7, 11) is 1.61. The average Bonchev–Trinajstić information content (AvgIpc) is 3.36. The number of aryl methyl sites for hydroxylation is 3. The van der Waals surface area contributed by atoms with E-state index in [0.29, 0.717) is 17.0 Å². The van der Waals surface area contributed by atoms with E-state index in [-0.39, 0.29) is 17.3 Å². The molecule has 3 aromatic carbocycles. The Morgan fingerprint density at radius 1 is 0.974 bits per heavy atom. The number of anilines is 1. The van der Waals surface area contributed by atoms with Crippen molar-refractivity contribution >= 4 is 34.0 Å². The Hall–Kier alpha value is -4.32. The van der Waals surface area contributed by atoms with E-state index in [0.717, 1.165) is 38.9 Å². The van der Waals surface area contributed by atoms with Crippen LogP contribution in [-0.4, -0.2) is 28.9 Å². The Morgan fingerprint density at radius 3 is 2.39 bits per heavy atom. The zero-order chi connectivity index (χ0) is 27.3. The number of benzene rings is 3. The van der Waals surface area contributed by atoms with Gasteiger partial charge in [0.1, 0.15) is 11.5 Å². The first-order valence-electron chi connectivity index (χ1n) is 12.8. The van der Waals surface area contributed by atoms with Gasteiger partial charge < -0.3 is 14.8 Å². The lowest BCUT2D eigenvalue weighted by molar-refractivity contribution is -0.132. The predicted octanol–water partition coefficient (Wildman–Crippen LogP) is 6.85. The molecule has 4 aromatic rings. The summed E-state index contributed by atoms with van der Waals surface area (Å²) < 4.78 is 5.51. The lowest BCUT2D eigenvalue weighted by Gasteiger charge is -2.26. The van der Waals surface area contributed by atoms with Crippen LogP contribution in [0.5, 0.6) is 5.75 Å². The van der Waals surface area contributed by atoms with Crippen molar-refractivity contribution in [2.45, 2.75) is 46.6 Å².